The molecule has 0 bridgehead atoms. The van der Waals surface area contributed by atoms with Crippen LogP contribution in [0.15, 0.2) is 53.5 Å². The molecule has 0 aliphatic rings. The highest BCUT2D eigenvalue weighted by atomic mass is 16.6. The van der Waals surface area contributed by atoms with Gasteiger partial charge >= 0.3 is 18.2 Å². The van der Waals surface area contributed by atoms with E-state index in [1.54, 1.807) is 72.7 Å². The molecule has 11 nitrogen and oxygen atoms in total. The van der Waals surface area contributed by atoms with Gasteiger partial charge in [-0.2, -0.15) is 0 Å². The van der Waals surface area contributed by atoms with Crippen LogP contribution in [-0.4, -0.2) is 59.7 Å². The molecular weight excluding hydrogens is 530 g/mol. The number of alkyl carbamates (subject to hydrolysis) is 1. The Kier molecular flexibility index (Phi) is 12.1. The minimum Gasteiger partial charge on any atom is -0.493 e. The Morgan fingerprint density at radius 1 is 0.878 bits per heavy atom. The van der Waals surface area contributed by atoms with Crippen LogP contribution < -0.4 is 15.4 Å². The number of hydrogen-bond acceptors (Lipinski definition) is 7. The summed E-state index contributed by atoms with van der Waals surface area (Å²) in [6.07, 6.45) is -1.61. The Balaban J connectivity index is 1.96. The number of nitrogens with one attached hydrogen (secondary N) is 2. The lowest BCUT2D eigenvalue weighted by atomic mass is 10.1. The Bertz CT molecular complexity index is 1180. The van der Waals surface area contributed by atoms with Crippen molar-refractivity contribution >= 4 is 29.8 Å². The highest BCUT2D eigenvalue weighted by Gasteiger charge is 2.21. The van der Waals surface area contributed by atoms with E-state index in [0.29, 0.717) is 31.1 Å². The van der Waals surface area contributed by atoms with Crippen LogP contribution in [0.1, 0.15) is 59.6 Å². The van der Waals surface area contributed by atoms with E-state index in [9.17, 15) is 19.5 Å². The number of aliphatic imine (C=N–C) groups is 1. The van der Waals surface area contributed by atoms with Crippen molar-refractivity contribution in [2.24, 2.45) is 4.99 Å². The van der Waals surface area contributed by atoms with Gasteiger partial charge in [-0.05, 0) is 83.9 Å². The second kappa shape index (κ2) is 15.0. The average Bonchev–Trinajstić information content (AvgIpc) is 2.83. The van der Waals surface area contributed by atoms with Gasteiger partial charge in [0.2, 0.25) is 5.96 Å². The van der Waals surface area contributed by atoms with Crippen molar-refractivity contribution in [2.45, 2.75) is 78.6 Å². The SMILES string of the molecule is CCO[C@@H](Cc1ccc(OCCc2ccc(NC(=NC(=O)OC(C)(C)C)NC(=O)OC(C)(C)C)cc2)cc1)C(=O)O. The van der Waals surface area contributed by atoms with Gasteiger partial charge in [-0.1, -0.05) is 24.3 Å². The zero-order chi connectivity index (χ0) is 30.6. The minimum absolute atomic E-state index is 0.135. The van der Waals surface area contributed by atoms with Gasteiger partial charge < -0.3 is 29.4 Å². The number of amides is 2. The van der Waals surface area contributed by atoms with E-state index in [4.69, 9.17) is 18.9 Å². The van der Waals surface area contributed by atoms with Crippen molar-refractivity contribution in [1.82, 2.24) is 5.32 Å². The summed E-state index contributed by atoms with van der Waals surface area (Å²) in [4.78, 5) is 39.7. The fourth-order valence-corrected chi connectivity index (χ4v) is 3.40. The van der Waals surface area contributed by atoms with E-state index >= 15 is 0 Å². The van der Waals surface area contributed by atoms with Crippen LogP contribution in [-0.2, 0) is 31.8 Å². The number of carbonyl (C=O) groups is 3. The van der Waals surface area contributed by atoms with E-state index in [-0.39, 0.29) is 12.4 Å². The molecule has 224 valence electrons. The van der Waals surface area contributed by atoms with Crippen molar-refractivity contribution in [3.8, 4) is 5.75 Å². The topological polar surface area (TPSA) is 145 Å². The summed E-state index contributed by atoms with van der Waals surface area (Å²) in [6.45, 7) is 12.8. The summed E-state index contributed by atoms with van der Waals surface area (Å²) in [5.41, 5.74) is 0.933. The molecule has 2 aromatic carbocycles. The molecule has 11 heteroatoms. The molecule has 0 aliphatic carbocycles. The maximum atomic E-state index is 12.3. The standard InChI is InChI=1S/C30H41N3O8/c1-8-38-24(25(34)35)19-21-11-15-23(16-12-21)39-18-17-20-9-13-22(14-10-20)31-26(32-27(36)40-29(2,3)4)33-28(37)41-30(5,6)7/h9-16,24H,8,17-19H2,1-7H3,(H,34,35)(H2,31,32,33,36,37)/t24-/m0/s1. The molecule has 0 aliphatic heterocycles. The molecule has 0 saturated heterocycles. The molecule has 2 amide bonds. The van der Waals surface area contributed by atoms with Gasteiger partial charge in [-0.15, -0.1) is 4.99 Å². The van der Waals surface area contributed by atoms with Crippen LogP contribution in [0.5, 0.6) is 5.75 Å². The van der Waals surface area contributed by atoms with Gasteiger partial charge in [0.15, 0.2) is 6.10 Å². The highest BCUT2D eigenvalue weighted by Crippen LogP contribution is 2.16. The molecule has 0 radical (unpaired) electrons. The predicted molar refractivity (Wildman–Crippen MR) is 155 cm³/mol. The number of benzene rings is 2. The molecule has 2 rings (SSSR count). The summed E-state index contributed by atoms with van der Waals surface area (Å²) in [7, 11) is 0. The quantitative estimate of drug-likeness (QED) is 0.246. The lowest BCUT2D eigenvalue weighted by molar-refractivity contribution is -0.149. The number of ether oxygens (including phenoxy) is 4. The minimum atomic E-state index is -0.987. The van der Waals surface area contributed by atoms with Crippen molar-refractivity contribution in [1.29, 1.82) is 0 Å². The molecule has 41 heavy (non-hydrogen) atoms. The number of carboxylic acid groups (broad SMARTS) is 1. The number of anilines is 1. The fraction of sp³-hybridized carbons (Fsp3) is 0.467. The van der Waals surface area contributed by atoms with Gasteiger partial charge in [0.25, 0.3) is 0 Å². The third-order valence-electron chi connectivity index (χ3n) is 5.08. The van der Waals surface area contributed by atoms with Crippen LogP contribution >= 0.6 is 0 Å². The van der Waals surface area contributed by atoms with Crippen molar-refractivity contribution < 1.29 is 38.4 Å². The maximum Gasteiger partial charge on any atom is 0.437 e. The van der Waals surface area contributed by atoms with E-state index < -0.39 is 35.5 Å². The van der Waals surface area contributed by atoms with Crippen molar-refractivity contribution in [3.05, 3.63) is 59.7 Å². The highest BCUT2D eigenvalue weighted by molar-refractivity contribution is 6.06. The van der Waals surface area contributed by atoms with Crippen LogP contribution in [0.3, 0.4) is 0 Å². The van der Waals surface area contributed by atoms with Crippen LogP contribution in [0.25, 0.3) is 0 Å². The van der Waals surface area contributed by atoms with Crippen molar-refractivity contribution in [3.63, 3.8) is 0 Å². The number of hydrogen-bond donors (Lipinski definition) is 3. The normalized spacial score (nSPS) is 12.7. The van der Waals surface area contributed by atoms with E-state index in [1.807, 2.05) is 24.3 Å². The van der Waals surface area contributed by atoms with E-state index in [2.05, 4.69) is 15.6 Å². The van der Waals surface area contributed by atoms with Gasteiger partial charge in [0.1, 0.15) is 17.0 Å². The monoisotopic (exact) mass is 571 g/mol. The number of carbonyl (C=O) groups excluding carboxylic acids is 2. The third kappa shape index (κ3) is 13.7. The Morgan fingerprint density at radius 3 is 2.00 bits per heavy atom. The second-order valence-corrected chi connectivity index (χ2v) is 11.1. The molecule has 3 N–H and O–H groups in total. The lowest BCUT2D eigenvalue weighted by Gasteiger charge is -2.21. The van der Waals surface area contributed by atoms with Crippen LogP contribution in [0.2, 0.25) is 0 Å². The van der Waals surface area contributed by atoms with Gasteiger partial charge in [-0.25, -0.2) is 14.4 Å². The third-order valence-corrected chi connectivity index (χ3v) is 5.08. The first-order chi connectivity index (χ1) is 19.1. The zero-order valence-electron chi connectivity index (χ0n) is 24.8. The molecule has 0 fully saturated rings. The average molecular weight is 572 g/mol. The first-order valence-electron chi connectivity index (χ1n) is 13.4. The smallest absolute Gasteiger partial charge is 0.437 e. The molecular formula is C30H41N3O8. The molecule has 1 atom stereocenters. The molecule has 0 spiro atoms. The Hall–Kier alpha value is -4.12. The number of rotatable bonds is 10. The predicted octanol–water partition coefficient (Wildman–Crippen LogP) is 5.57. The molecule has 0 unspecified atom stereocenters. The number of nitrogens with zero attached hydrogens (tertiary/aromatic N) is 1. The van der Waals surface area contributed by atoms with Crippen LogP contribution in [0.4, 0.5) is 15.3 Å². The first kappa shape index (κ1) is 33.1. The summed E-state index contributed by atoms with van der Waals surface area (Å²) in [5.74, 6) is -0.449. The van der Waals surface area contributed by atoms with Crippen molar-refractivity contribution in [2.75, 3.05) is 18.5 Å². The van der Waals surface area contributed by atoms with E-state index in [0.717, 1.165) is 11.1 Å². The summed E-state index contributed by atoms with van der Waals surface area (Å²) in [5, 5.41) is 14.6. The first-order valence-corrected chi connectivity index (χ1v) is 13.4. The van der Waals surface area contributed by atoms with Gasteiger partial charge in [0.05, 0.1) is 6.61 Å². The van der Waals surface area contributed by atoms with Crippen LogP contribution in [0, 0.1) is 0 Å². The van der Waals surface area contributed by atoms with Gasteiger partial charge in [0, 0.05) is 25.1 Å². The molecule has 2 aromatic rings. The summed E-state index contributed by atoms with van der Waals surface area (Å²) < 4.78 is 21.6. The zero-order valence-corrected chi connectivity index (χ0v) is 24.8. The lowest BCUT2D eigenvalue weighted by Crippen LogP contribution is -2.40. The number of guanidine groups is 1. The number of aliphatic carboxylic acids is 1. The Morgan fingerprint density at radius 2 is 1.46 bits per heavy atom. The molecule has 0 heterocycles. The molecule has 0 aromatic heterocycles. The van der Waals surface area contributed by atoms with E-state index in [1.165, 1.54) is 0 Å². The molecule has 0 saturated carbocycles. The largest absolute Gasteiger partial charge is 0.493 e. The second-order valence-electron chi connectivity index (χ2n) is 11.1. The summed E-state index contributed by atoms with van der Waals surface area (Å²) in [6, 6.07) is 14.6. The Labute approximate surface area is 241 Å². The maximum absolute atomic E-state index is 12.3. The summed E-state index contributed by atoms with van der Waals surface area (Å²) >= 11 is 0. The fourth-order valence-electron chi connectivity index (χ4n) is 3.40. The van der Waals surface area contributed by atoms with Gasteiger partial charge in [-0.3, -0.25) is 5.32 Å². The number of carboxylic acids is 1.